The first-order valence-electron chi connectivity index (χ1n) is 11.0. The molecule has 2 N–H and O–H groups in total. The number of unbranched alkanes of at least 4 members (excludes halogenated alkanes) is 11. The van der Waals surface area contributed by atoms with Crippen LogP contribution in [0.25, 0.3) is 0 Å². The van der Waals surface area contributed by atoms with Crippen molar-refractivity contribution in [2.45, 2.75) is 115 Å². The van der Waals surface area contributed by atoms with Gasteiger partial charge in [-0.15, -0.1) is 0 Å². The minimum atomic E-state index is -1.11. The fourth-order valence-corrected chi connectivity index (χ4v) is 3.43. The minimum absolute atomic E-state index is 0.292. The first-order chi connectivity index (χ1) is 13.5. The highest BCUT2D eigenvalue weighted by atomic mass is 16.7. The molecule has 0 spiro atoms. The molecule has 164 valence electrons. The molecule has 4 atom stereocenters. The average molecular weight is 400 g/mol. The van der Waals surface area contributed by atoms with Crippen LogP contribution in [0.15, 0.2) is 12.2 Å². The lowest BCUT2D eigenvalue weighted by Crippen LogP contribution is -2.47. The summed E-state index contributed by atoms with van der Waals surface area (Å²) in [5.74, 6) is -1.11. The molecule has 1 heterocycles. The molecular formula is C22H39O6-. The summed E-state index contributed by atoms with van der Waals surface area (Å²) in [5.41, 5.74) is 0. The van der Waals surface area contributed by atoms with Crippen LogP contribution < -0.4 is 5.11 Å². The van der Waals surface area contributed by atoms with Crippen LogP contribution in [-0.2, 0) is 14.3 Å². The molecule has 1 rings (SSSR count). The van der Waals surface area contributed by atoms with Gasteiger partial charge in [-0.3, -0.25) is 0 Å². The van der Waals surface area contributed by atoms with Gasteiger partial charge >= 0.3 is 0 Å². The SMILES string of the molecule is C[C@@H]1O[C@@H](OCCCCCCCCCCCCC/C=C/C(=O)[O-])[C@H](O)C[C@H]1O. The molecule has 1 aliphatic rings. The standard InChI is InChI=1S/C22H40O6/c1-18-19(23)17-20(24)22(28-18)27-16-14-12-10-8-6-4-2-3-5-7-9-11-13-15-21(25)26/h13,15,18-20,22-24H,2-12,14,16-17H2,1H3,(H,25,26)/p-1/b15-13+/t18-,19+,20+,22+/m0/s1. The molecule has 1 fully saturated rings. The first-order valence-corrected chi connectivity index (χ1v) is 11.0. The molecule has 0 bridgehead atoms. The van der Waals surface area contributed by atoms with E-state index in [0.29, 0.717) is 13.0 Å². The fraction of sp³-hybridized carbons (Fsp3) is 0.864. The molecule has 0 amide bonds. The summed E-state index contributed by atoms with van der Waals surface area (Å²) < 4.78 is 11.1. The lowest BCUT2D eigenvalue weighted by atomic mass is 10.0. The minimum Gasteiger partial charge on any atom is -0.545 e. The summed E-state index contributed by atoms with van der Waals surface area (Å²) in [6.45, 7) is 2.38. The number of aliphatic hydroxyl groups is 2. The van der Waals surface area contributed by atoms with Crippen LogP contribution in [0.5, 0.6) is 0 Å². The molecule has 28 heavy (non-hydrogen) atoms. The zero-order valence-electron chi connectivity index (χ0n) is 17.4. The molecule has 0 aromatic heterocycles. The van der Waals surface area contributed by atoms with Gasteiger partial charge < -0.3 is 29.6 Å². The summed E-state index contributed by atoms with van der Waals surface area (Å²) in [4.78, 5) is 10.2. The monoisotopic (exact) mass is 399 g/mol. The molecule has 0 saturated carbocycles. The van der Waals surface area contributed by atoms with Crippen LogP contribution in [0.4, 0.5) is 0 Å². The molecule has 6 nitrogen and oxygen atoms in total. The normalized spacial score (nSPS) is 25.4. The zero-order chi connectivity index (χ0) is 20.6. The van der Waals surface area contributed by atoms with E-state index < -0.39 is 24.5 Å². The highest BCUT2D eigenvalue weighted by Gasteiger charge is 2.34. The van der Waals surface area contributed by atoms with Crippen molar-refractivity contribution >= 4 is 5.97 Å². The van der Waals surface area contributed by atoms with Crippen molar-refractivity contribution < 1.29 is 29.6 Å². The van der Waals surface area contributed by atoms with Crippen LogP contribution >= 0.6 is 0 Å². The lowest BCUT2D eigenvalue weighted by molar-refractivity contribution is -0.297. The number of ether oxygens (including phenoxy) is 2. The maximum atomic E-state index is 10.2. The Kier molecular flexibility index (Phi) is 14.3. The van der Waals surface area contributed by atoms with E-state index in [4.69, 9.17) is 9.47 Å². The summed E-state index contributed by atoms with van der Waals surface area (Å²) in [5, 5.41) is 29.7. The number of carboxylic acid groups (broad SMARTS) is 1. The molecule has 0 unspecified atom stereocenters. The third-order valence-corrected chi connectivity index (χ3v) is 5.24. The third kappa shape index (κ3) is 12.5. The van der Waals surface area contributed by atoms with Gasteiger partial charge in [0.15, 0.2) is 6.29 Å². The highest BCUT2D eigenvalue weighted by Crippen LogP contribution is 2.21. The second-order valence-corrected chi connectivity index (χ2v) is 7.85. The second-order valence-electron chi connectivity index (χ2n) is 7.85. The number of carbonyl (C=O) groups excluding carboxylic acids is 1. The van der Waals surface area contributed by atoms with Crippen LogP contribution in [0.3, 0.4) is 0 Å². The van der Waals surface area contributed by atoms with Crippen LogP contribution in [-0.4, -0.2) is 47.4 Å². The summed E-state index contributed by atoms with van der Waals surface area (Å²) in [7, 11) is 0. The Bertz CT molecular complexity index is 425. The van der Waals surface area contributed by atoms with Crippen LogP contribution in [0.1, 0.15) is 90.4 Å². The van der Waals surface area contributed by atoms with Gasteiger partial charge in [-0.05, 0) is 32.3 Å². The number of hydrogen-bond donors (Lipinski definition) is 2. The number of aliphatic carboxylic acids is 1. The lowest BCUT2D eigenvalue weighted by Gasteiger charge is -2.35. The number of carboxylic acids is 1. The Hall–Kier alpha value is -0.950. The Balaban J connectivity index is 1.80. The van der Waals surface area contributed by atoms with E-state index in [9.17, 15) is 20.1 Å². The quantitative estimate of drug-likeness (QED) is 0.306. The van der Waals surface area contributed by atoms with E-state index >= 15 is 0 Å². The van der Waals surface area contributed by atoms with E-state index in [2.05, 4.69) is 0 Å². The molecule has 1 aliphatic heterocycles. The second kappa shape index (κ2) is 15.9. The van der Waals surface area contributed by atoms with Crippen molar-refractivity contribution in [3.05, 3.63) is 12.2 Å². The Morgan fingerprint density at radius 1 is 0.964 bits per heavy atom. The fourth-order valence-electron chi connectivity index (χ4n) is 3.43. The van der Waals surface area contributed by atoms with Gasteiger partial charge in [-0.25, -0.2) is 0 Å². The Morgan fingerprint density at radius 3 is 2.07 bits per heavy atom. The summed E-state index contributed by atoms with van der Waals surface area (Å²) >= 11 is 0. The zero-order valence-corrected chi connectivity index (χ0v) is 17.4. The molecule has 0 aromatic carbocycles. The van der Waals surface area contributed by atoms with E-state index in [0.717, 1.165) is 38.2 Å². The molecule has 0 radical (unpaired) electrons. The summed E-state index contributed by atoms with van der Waals surface area (Å²) in [6, 6.07) is 0. The van der Waals surface area contributed by atoms with Gasteiger partial charge in [0.25, 0.3) is 0 Å². The van der Waals surface area contributed by atoms with Crippen molar-refractivity contribution in [2.75, 3.05) is 6.61 Å². The van der Waals surface area contributed by atoms with E-state index in [-0.39, 0.29) is 6.10 Å². The highest BCUT2D eigenvalue weighted by molar-refractivity contribution is 5.77. The number of aliphatic hydroxyl groups excluding tert-OH is 2. The molecule has 6 heteroatoms. The number of allylic oxidation sites excluding steroid dienone is 1. The summed E-state index contributed by atoms with van der Waals surface area (Å²) in [6.07, 6.45) is 14.7. The van der Waals surface area contributed by atoms with Crippen molar-refractivity contribution in [3.8, 4) is 0 Å². The Labute approximate surface area is 169 Å². The van der Waals surface area contributed by atoms with Crippen molar-refractivity contribution in [1.82, 2.24) is 0 Å². The van der Waals surface area contributed by atoms with Crippen molar-refractivity contribution in [3.63, 3.8) is 0 Å². The molecular weight excluding hydrogens is 360 g/mol. The number of carbonyl (C=O) groups is 1. The van der Waals surface area contributed by atoms with Gasteiger partial charge in [0.1, 0.15) is 6.10 Å². The van der Waals surface area contributed by atoms with Crippen LogP contribution in [0.2, 0.25) is 0 Å². The third-order valence-electron chi connectivity index (χ3n) is 5.24. The maximum absolute atomic E-state index is 10.2. The number of hydrogen-bond acceptors (Lipinski definition) is 6. The van der Waals surface area contributed by atoms with Crippen molar-refractivity contribution in [1.29, 1.82) is 0 Å². The van der Waals surface area contributed by atoms with Gasteiger partial charge in [0, 0.05) is 13.0 Å². The topological polar surface area (TPSA) is 99.1 Å². The van der Waals surface area contributed by atoms with Gasteiger partial charge in [-0.2, -0.15) is 0 Å². The Morgan fingerprint density at radius 2 is 1.50 bits per heavy atom. The predicted octanol–water partition coefficient (Wildman–Crippen LogP) is 2.85. The maximum Gasteiger partial charge on any atom is 0.183 e. The van der Waals surface area contributed by atoms with E-state index in [1.165, 1.54) is 44.9 Å². The van der Waals surface area contributed by atoms with Gasteiger partial charge in [0.2, 0.25) is 0 Å². The largest absolute Gasteiger partial charge is 0.545 e. The van der Waals surface area contributed by atoms with Crippen LogP contribution in [0, 0.1) is 0 Å². The molecule has 0 aromatic rings. The molecule has 1 saturated heterocycles. The van der Waals surface area contributed by atoms with Gasteiger partial charge in [0.05, 0.1) is 18.2 Å². The number of rotatable bonds is 16. The van der Waals surface area contributed by atoms with E-state index in [1.807, 2.05) is 0 Å². The van der Waals surface area contributed by atoms with Crippen molar-refractivity contribution in [2.24, 2.45) is 0 Å². The molecule has 0 aliphatic carbocycles. The van der Waals surface area contributed by atoms with Gasteiger partial charge in [-0.1, -0.05) is 63.9 Å². The van der Waals surface area contributed by atoms with E-state index in [1.54, 1.807) is 13.0 Å². The predicted molar refractivity (Wildman–Crippen MR) is 106 cm³/mol. The average Bonchev–Trinajstić information content (AvgIpc) is 2.65. The smallest absolute Gasteiger partial charge is 0.183 e. The first kappa shape index (κ1) is 25.1.